The fourth-order valence-corrected chi connectivity index (χ4v) is 4.42. The number of halogens is 2. The summed E-state index contributed by atoms with van der Waals surface area (Å²) in [6.45, 7) is 0. The first-order valence-corrected chi connectivity index (χ1v) is 8.17. The van der Waals surface area contributed by atoms with Crippen LogP contribution in [0.2, 0.25) is 0 Å². The van der Waals surface area contributed by atoms with Gasteiger partial charge in [0.1, 0.15) is 5.82 Å². The van der Waals surface area contributed by atoms with Crippen molar-refractivity contribution in [1.29, 1.82) is 0 Å². The van der Waals surface area contributed by atoms with Crippen molar-refractivity contribution < 1.29 is 9.50 Å². The van der Waals surface area contributed by atoms with Crippen molar-refractivity contribution in [2.24, 2.45) is 5.92 Å². The van der Waals surface area contributed by atoms with Crippen LogP contribution in [0.25, 0.3) is 0 Å². The Morgan fingerprint density at radius 3 is 2.55 bits per heavy atom. The molecule has 2 aliphatic heterocycles. The molecule has 2 fully saturated rings. The highest BCUT2D eigenvalue weighted by molar-refractivity contribution is 9.10. The molecule has 0 saturated carbocycles. The van der Waals surface area contributed by atoms with E-state index in [0.717, 1.165) is 22.9 Å². The van der Waals surface area contributed by atoms with E-state index >= 15 is 0 Å². The Labute approximate surface area is 128 Å². The Balaban J connectivity index is 1.66. The first-order chi connectivity index (χ1) is 9.52. The summed E-state index contributed by atoms with van der Waals surface area (Å²) in [4.78, 5) is 2.47. The van der Waals surface area contributed by atoms with Gasteiger partial charge in [-0.1, -0.05) is 15.9 Å². The van der Waals surface area contributed by atoms with E-state index in [0.29, 0.717) is 24.4 Å². The highest BCUT2D eigenvalue weighted by Crippen LogP contribution is 2.39. The van der Waals surface area contributed by atoms with E-state index in [1.807, 2.05) is 6.07 Å². The van der Waals surface area contributed by atoms with Crippen LogP contribution in [0, 0.1) is 11.7 Å². The predicted molar refractivity (Wildman–Crippen MR) is 81.1 cm³/mol. The SMILES string of the molecule is CN1C2CCC1CC(C(O)Cc1cc(F)cc(Br)c1)C2. The molecule has 110 valence electrons. The summed E-state index contributed by atoms with van der Waals surface area (Å²) < 4.78 is 14.1. The summed E-state index contributed by atoms with van der Waals surface area (Å²) in [5.41, 5.74) is 0.871. The molecule has 1 aromatic rings. The van der Waals surface area contributed by atoms with Gasteiger partial charge in [-0.15, -0.1) is 0 Å². The molecule has 0 spiro atoms. The van der Waals surface area contributed by atoms with E-state index in [1.165, 1.54) is 25.0 Å². The van der Waals surface area contributed by atoms with Gasteiger partial charge in [-0.2, -0.15) is 0 Å². The highest BCUT2D eigenvalue weighted by Gasteiger charge is 2.40. The quantitative estimate of drug-likeness (QED) is 0.911. The normalized spacial score (nSPS) is 31.5. The standard InChI is InChI=1S/C16H21BrFNO/c1-19-14-2-3-15(19)8-11(7-14)16(20)6-10-4-12(17)9-13(18)5-10/h4-5,9,11,14-16,20H,2-3,6-8H2,1H3. The second-order valence-electron chi connectivity index (χ2n) is 6.33. The minimum Gasteiger partial charge on any atom is -0.392 e. The molecule has 4 heteroatoms. The molecule has 1 N–H and O–H groups in total. The second-order valence-corrected chi connectivity index (χ2v) is 7.25. The molecule has 2 bridgehead atoms. The minimum atomic E-state index is -0.361. The minimum absolute atomic E-state index is 0.245. The van der Waals surface area contributed by atoms with Gasteiger partial charge in [0.25, 0.3) is 0 Å². The zero-order valence-electron chi connectivity index (χ0n) is 11.7. The largest absolute Gasteiger partial charge is 0.392 e. The maximum Gasteiger partial charge on any atom is 0.124 e. The molecule has 2 saturated heterocycles. The van der Waals surface area contributed by atoms with Crippen molar-refractivity contribution in [2.75, 3.05) is 7.05 Å². The van der Waals surface area contributed by atoms with Gasteiger partial charge in [-0.25, -0.2) is 4.39 Å². The van der Waals surface area contributed by atoms with E-state index in [4.69, 9.17) is 0 Å². The van der Waals surface area contributed by atoms with E-state index in [-0.39, 0.29) is 11.9 Å². The summed E-state index contributed by atoms with van der Waals surface area (Å²) in [5, 5.41) is 10.5. The summed E-state index contributed by atoms with van der Waals surface area (Å²) in [6, 6.07) is 6.14. The summed E-state index contributed by atoms with van der Waals surface area (Å²) in [7, 11) is 2.20. The lowest BCUT2D eigenvalue weighted by atomic mass is 9.84. The molecular weight excluding hydrogens is 321 g/mol. The maximum absolute atomic E-state index is 13.4. The highest BCUT2D eigenvalue weighted by atomic mass is 79.9. The average molecular weight is 342 g/mol. The van der Waals surface area contributed by atoms with Gasteiger partial charge in [0, 0.05) is 16.6 Å². The smallest absolute Gasteiger partial charge is 0.124 e. The Morgan fingerprint density at radius 1 is 1.30 bits per heavy atom. The molecule has 3 unspecified atom stereocenters. The van der Waals surface area contributed by atoms with E-state index in [2.05, 4.69) is 27.9 Å². The Kier molecular flexibility index (Phi) is 4.16. The van der Waals surface area contributed by atoms with Gasteiger partial charge in [0.15, 0.2) is 0 Å². The van der Waals surface area contributed by atoms with Crippen LogP contribution < -0.4 is 0 Å². The number of aliphatic hydroxyl groups is 1. The molecule has 0 aromatic heterocycles. The predicted octanol–water partition coefficient (Wildman–Crippen LogP) is 3.36. The molecule has 3 rings (SSSR count). The van der Waals surface area contributed by atoms with Crippen molar-refractivity contribution >= 4 is 15.9 Å². The Bertz CT molecular complexity index is 461. The topological polar surface area (TPSA) is 23.5 Å². The lowest BCUT2D eigenvalue weighted by Gasteiger charge is -2.38. The summed E-state index contributed by atoms with van der Waals surface area (Å²) >= 11 is 3.31. The van der Waals surface area contributed by atoms with Crippen molar-refractivity contribution in [3.05, 3.63) is 34.1 Å². The number of piperidine rings is 1. The first-order valence-electron chi connectivity index (χ1n) is 7.38. The van der Waals surface area contributed by atoms with Crippen LogP contribution in [-0.4, -0.2) is 35.2 Å². The molecule has 0 radical (unpaired) electrons. The number of benzene rings is 1. The Morgan fingerprint density at radius 2 is 1.95 bits per heavy atom. The van der Waals surface area contributed by atoms with Crippen LogP contribution in [0.1, 0.15) is 31.2 Å². The average Bonchev–Trinajstić information content (AvgIpc) is 2.61. The van der Waals surface area contributed by atoms with E-state index in [1.54, 1.807) is 0 Å². The van der Waals surface area contributed by atoms with Crippen molar-refractivity contribution in [1.82, 2.24) is 4.90 Å². The second kappa shape index (κ2) is 5.74. The molecule has 3 atom stereocenters. The zero-order valence-corrected chi connectivity index (χ0v) is 13.3. The molecule has 1 aromatic carbocycles. The monoisotopic (exact) mass is 341 g/mol. The van der Waals surface area contributed by atoms with Gasteiger partial charge in [-0.05, 0) is 68.8 Å². The lowest BCUT2D eigenvalue weighted by molar-refractivity contribution is 0.0367. The van der Waals surface area contributed by atoms with Gasteiger partial charge >= 0.3 is 0 Å². The molecule has 0 amide bonds. The molecule has 2 heterocycles. The fraction of sp³-hybridized carbons (Fsp3) is 0.625. The maximum atomic E-state index is 13.4. The Hall–Kier alpha value is -0.450. The van der Waals surface area contributed by atoms with Crippen LogP contribution in [-0.2, 0) is 6.42 Å². The summed E-state index contributed by atoms with van der Waals surface area (Å²) in [5.74, 6) is 0.107. The number of aliphatic hydroxyl groups excluding tert-OH is 1. The van der Waals surface area contributed by atoms with Crippen molar-refractivity contribution in [2.45, 2.75) is 50.3 Å². The first kappa shape index (κ1) is 14.5. The molecule has 2 nitrogen and oxygen atoms in total. The molecular formula is C16H21BrFNO. The third kappa shape index (κ3) is 2.92. The van der Waals surface area contributed by atoms with Crippen LogP contribution in [0.4, 0.5) is 4.39 Å². The van der Waals surface area contributed by atoms with Crippen LogP contribution >= 0.6 is 15.9 Å². The molecule has 2 aliphatic rings. The number of hydrogen-bond donors (Lipinski definition) is 1. The van der Waals surface area contributed by atoms with Gasteiger partial charge in [0.2, 0.25) is 0 Å². The summed E-state index contributed by atoms with van der Waals surface area (Å²) in [6.07, 6.45) is 4.85. The fourth-order valence-electron chi connectivity index (χ4n) is 3.90. The number of nitrogens with zero attached hydrogens (tertiary/aromatic N) is 1. The number of rotatable bonds is 3. The lowest BCUT2D eigenvalue weighted by Crippen LogP contribution is -2.43. The van der Waals surface area contributed by atoms with E-state index in [9.17, 15) is 9.50 Å². The van der Waals surface area contributed by atoms with Gasteiger partial charge in [-0.3, -0.25) is 0 Å². The molecule has 20 heavy (non-hydrogen) atoms. The zero-order chi connectivity index (χ0) is 14.3. The van der Waals surface area contributed by atoms with Crippen molar-refractivity contribution in [3.8, 4) is 0 Å². The third-order valence-electron chi connectivity index (χ3n) is 5.05. The third-order valence-corrected chi connectivity index (χ3v) is 5.50. The number of hydrogen-bond acceptors (Lipinski definition) is 2. The van der Waals surface area contributed by atoms with Crippen molar-refractivity contribution in [3.63, 3.8) is 0 Å². The van der Waals surface area contributed by atoms with Crippen LogP contribution in [0.15, 0.2) is 22.7 Å². The molecule has 0 aliphatic carbocycles. The number of fused-ring (bicyclic) bond motifs is 2. The van der Waals surface area contributed by atoms with Gasteiger partial charge in [0.05, 0.1) is 6.10 Å². The van der Waals surface area contributed by atoms with Crippen LogP contribution in [0.3, 0.4) is 0 Å². The van der Waals surface area contributed by atoms with Gasteiger partial charge < -0.3 is 10.0 Å². The van der Waals surface area contributed by atoms with Crippen LogP contribution in [0.5, 0.6) is 0 Å². The van der Waals surface area contributed by atoms with E-state index < -0.39 is 0 Å².